The number of carbonyl (C=O) groups excluding carboxylic acids is 2. The number of hydrogen-bond acceptors (Lipinski definition) is 5. The molecule has 0 atom stereocenters. The van der Waals surface area contributed by atoms with Gasteiger partial charge in [0.1, 0.15) is 11.6 Å². The second-order valence-corrected chi connectivity index (χ2v) is 6.98. The number of hydrogen-bond donors (Lipinski definition) is 1. The first-order chi connectivity index (χ1) is 11.9. The lowest BCUT2D eigenvalue weighted by atomic mass is 10.2. The minimum atomic E-state index is -0.462. The smallest absolute Gasteiger partial charge is 0.325 e. The molecule has 2 aromatic rings. The number of amides is 1. The molecule has 1 heterocycles. The number of rotatable bonds is 6. The summed E-state index contributed by atoms with van der Waals surface area (Å²) in [5, 5.41) is 3.19. The van der Waals surface area contributed by atoms with Crippen molar-refractivity contribution in [3.63, 3.8) is 0 Å². The molecule has 5 nitrogen and oxygen atoms in total. The molecular formula is C19H22N2O3S. The average Bonchev–Trinajstić information content (AvgIpc) is 2.55. The van der Waals surface area contributed by atoms with Gasteiger partial charge in [-0.05, 0) is 51.5 Å². The van der Waals surface area contributed by atoms with Crippen LogP contribution in [-0.2, 0) is 9.53 Å². The van der Waals surface area contributed by atoms with Gasteiger partial charge in [0.15, 0.2) is 0 Å². The first-order valence-corrected chi connectivity index (χ1v) is 8.86. The summed E-state index contributed by atoms with van der Waals surface area (Å²) in [6, 6.07) is 9.54. The highest BCUT2D eigenvalue weighted by molar-refractivity contribution is 7.99. The molecule has 6 heteroatoms. The lowest BCUT2D eigenvalue weighted by Crippen LogP contribution is -2.32. The molecule has 0 radical (unpaired) electrons. The first-order valence-electron chi connectivity index (χ1n) is 8.04. The van der Waals surface area contributed by atoms with Crippen LogP contribution in [-0.4, -0.2) is 29.5 Å². The molecule has 2 rings (SSSR count). The number of aryl methyl sites for hydroxylation is 2. The van der Waals surface area contributed by atoms with E-state index in [1.165, 1.54) is 17.3 Å². The first kappa shape index (κ1) is 19.0. The lowest BCUT2D eigenvalue weighted by molar-refractivity contribution is -0.146. The third kappa shape index (κ3) is 5.60. The van der Waals surface area contributed by atoms with Gasteiger partial charge in [-0.25, -0.2) is 4.98 Å². The van der Waals surface area contributed by atoms with Gasteiger partial charge >= 0.3 is 5.97 Å². The minimum absolute atomic E-state index is 0.167. The van der Waals surface area contributed by atoms with Crippen molar-refractivity contribution in [3.8, 4) is 0 Å². The summed E-state index contributed by atoms with van der Waals surface area (Å²) in [5.74, 6) is -0.808. The van der Waals surface area contributed by atoms with Crippen LogP contribution in [0.1, 0.15) is 35.3 Å². The summed E-state index contributed by atoms with van der Waals surface area (Å²) in [6.07, 6.45) is 1.44. The Balaban J connectivity index is 2.11. The Morgan fingerprint density at radius 2 is 2.00 bits per heavy atom. The molecule has 1 aromatic carbocycles. The second kappa shape index (κ2) is 8.67. The molecule has 0 aliphatic carbocycles. The maximum absolute atomic E-state index is 12.4. The zero-order valence-electron chi connectivity index (χ0n) is 14.8. The number of nitrogens with one attached hydrogen (secondary N) is 1. The molecule has 0 aliphatic rings. The van der Waals surface area contributed by atoms with Crippen LogP contribution in [0.4, 0.5) is 0 Å². The van der Waals surface area contributed by atoms with Crippen molar-refractivity contribution in [1.82, 2.24) is 10.3 Å². The van der Waals surface area contributed by atoms with Gasteiger partial charge in [-0.3, -0.25) is 9.59 Å². The zero-order valence-corrected chi connectivity index (χ0v) is 15.6. The van der Waals surface area contributed by atoms with Gasteiger partial charge in [0, 0.05) is 11.1 Å². The summed E-state index contributed by atoms with van der Waals surface area (Å²) in [7, 11) is 0. The maximum atomic E-state index is 12.4. The van der Waals surface area contributed by atoms with E-state index in [1.807, 2.05) is 26.0 Å². The molecule has 1 aromatic heterocycles. The van der Waals surface area contributed by atoms with Gasteiger partial charge < -0.3 is 10.1 Å². The molecule has 1 amide bonds. The number of esters is 1. The zero-order chi connectivity index (χ0) is 18.4. The summed E-state index contributed by atoms with van der Waals surface area (Å²) in [4.78, 5) is 29.4. The molecule has 1 N–H and O–H groups in total. The van der Waals surface area contributed by atoms with Crippen molar-refractivity contribution in [2.45, 2.75) is 43.7 Å². The average molecular weight is 358 g/mol. The third-order valence-corrected chi connectivity index (χ3v) is 4.51. The molecule has 0 aliphatic heterocycles. The topological polar surface area (TPSA) is 68.3 Å². The fraction of sp³-hybridized carbons (Fsp3) is 0.316. The fourth-order valence-electron chi connectivity index (χ4n) is 2.22. The van der Waals surface area contributed by atoms with Crippen LogP contribution in [0.15, 0.2) is 46.5 Å². The lowest BCUT2D eigenvalue weighted by Gasteiger charge is -2.11. The molecule has 0 fully saturated rings. The Labute approximate surface area is 152 Å². The van der Waals surface area contributed by atoms with Gasteiger partial charge in [-0.15, -0.1) is 0 Å². The highest BCUT2D eigenvalue weighted by Crippen LogP contribution is 2.31. The van der Waals surface area contributed by atoms with Crippen LogP contribution in [0.2, 0.25) is 0 Å². The van der Waals surface area contributed by atoms with Crippen molar-refractivity contribution >= 4 is 23.6 Å². The normalized spacial score (nSPS) is 10.6. The minimum Gasteiger partial charge on any atom is -0.462 e. The van der Waals surface area contributed by atoms with E-state index in [1.54, 1.807) is 32.2 Å². The molecule has 132 valence electrons. The van der Waals surface area contributed by atoms with Gasteiger partial charge in [0.05, 0.1) is 11.7 Å². The van der Waals surface area contributed by atoms with E-state index in [-0.39, 0.29) is 18.6 Å². The summed E-state index contributed by atoms with van der Waals surface area (Å²) in [6.45, 7) is 7.43. The van der Waals surface area contributed by atoms with Crippen molar-refractivity contribution in [1.29, 1.82) is 0 Å². The summed E-state index contributed by atoms with van der Waals surface area (Å²) >= 11 is 1.43. The van der Waals surface area contributed by atoms with E-state index in [4.69, 9.17) is 4.74 Å². The molecule has 0 bridgehead atoms. The van der Waals surface area contributed by atoms with Gasteiger partial charge in [-0.2, -0.15) is 0 Å². The third-order valence-electron chi connectivity index (χ3n) is 3.31. The largest absolute Gasteiger partial charge is 0.462 e. The number of carbonyl (C=O) groups is 2. The number of ether oxygens (including phenoxy) is 1. The predicted molar refractivity (Wildman–Crippen MR) is 97.8 cm³/mol. The Morgan fingerprint density at radius 3 is 2.68 bits per heavy atom. The van der Waals surface area contributed by atoms with E-state index in [2.05, 4.69) is 16.4 Å². The standard InChI is InChI=1S/C19H22N2O3S/c1-12(2)24-17(22)11-21-18(23)15-6-5-9-20-19(15)25-16-8-7-13(3)10-14(16)4/h5-10,12H,11H2,1-4H3,(H,21,23). The quantitative estimate of drug-likeness (QED) is 0.800. The van der Waals surface area contributed by atoms with Crippen LogP contribution in [0.3, 0.4) is 0 Å². The van der Waals surface area contributed by atoms with Gasteiger partial charge in [-0.1, -0.05) is 29.5 Å². The molecule has 0 saturated heterocycles. The van der Waals surface area contributed by atoms with Crippen molar-refractivity contribution in [2.75, 3.05) is 6.54 Å². The summed E-state index contributed by atoms with van der Waals surface area (Å²) in [5.41, 5.74) is 2.75. The SMILES string of the molecule is Cc1ccc(Sc2ncccc2C(=O)NCC(=O)OC(C)C)c(C)c1. The summed E-state index contributed by atoms with van der Waals surface area (Å²) < 4.78 is 5.01. The van der Waals surface area contributed by atoms with Crippen LogP contribution >= 0.6 is 11.8 Å². The Bertz CT molecular complexity index is 775. The highest BCUT2D eigenvalue weighted by Gasteiger charge is 2.16. The Kier molecular flexibility index (Phi) is 6.58. The van der Waals surface area contributed by atoms with E-state index in [9.17, 15) is 9.59 Å². The highest BCUT2D eigenvalue weighted by atomic mass is 32.2. The van der Waals surface area contributed by atoms with Crippen molar-refractivity contribution in [2.24, 2.45) is 0 Å². The predicted octanol–water partition coefficient (Wildman–Crippen LogP) is 3.53. The number of nitrogens with zero attached hydrogens (tertiary/aromatic N) is 1. The van der Waals surface area contributed by atoms with Crippen LogP contribution < -0.4 is 5.32 Å². The van der Waals surface area contributed by atoms with E-state index in [0.717, 1.165) is 10.5 Å². The van der Waals surface area contributed by atoms with E-state index < -0.39 is 5.97 Å². The van der Waals surface area contributed by atoms with Crippen LogP contribution in [0, 0.1) is 13.8 Å². The maximum Gasteiger partial charge on any atom is 0.325 e. The number of pyridine rings is 1. The molecule has 25 heavy (non-hydrogen) atoms. The number of aromatic nitrogens is 1. The van der Waals surface area contributed by atoms with Crippen molar-refractivity contribution < 1.29 is 14.3 Å². The Hall–Kier alpha value is -2.34. The monoisotopic (exact) mass is 358 g/mol. The van der Waals surface area contributed by atoms with Crippen LogP contribution in [0.25, 0.3) is 0 Å². The molecule has 0 saturated carbocycles. The van der Waals surface area contributed by atoms with Crippen molar-refractivity contribution in [3.05, 3.63) is 53.2 Å². The number of benzene rings is 1. The van der Waals surface area contributed by atoms with Gasteiger partial charge in [0.25, 0.3) is 5.91 Å². The Morgan fingerprint density at radius 1 is 1.24 bits per heavy atom. The van der Waals surface area contributed by atoms with E-state index in [0.29, 0.717) is 10.6 Å². The molecular weight excluding hydrogens is 336 g/mol. The second-order valence-electron chi connectivity index (χ2n) is 5.95. The van der Waals surface area contributed by atoms with Gasteiger partial charge in [0.2, 0.25) is 0 Å². The molecule has 0 unspecified atom stereocenters. The van der Waals surface area contributed by atoms with Crippen LogP contribution in [0.5, 0.6) is 0 Å². The fourth-order valence-corrected chi connectivity index (χ4v) is 3.16. The van der Waals surface area contributed by atoms with E-state index >= 15 is 0 Å². The molecule has 0 spiro atoms.